The molecule has 0 saturated heterocycles. The molecule has 1 amide bonds. The Labute approximate surface area is 102 Å². The molecule has 1 aromatic rings. The minimum atomic E-state index is -0.166. The number of para-hydroxylation sites is 1. The molecule has 0 radical (unpaired) electrons. The third-order valence-corrected chi connectivity index (χ3v) is 3.18. The number of amides is 1. The van der Waals surface area contributed by atoms with E-state index in [9.17, 15) is 4.79 Å². The van der Waals surface area contributed by atoms with Crippen LogP contribution >= 0.6 is 11.6 Å². The maximum Gasteiger partial charge on any atom is 0.239 e. The van der Waals surface area contributed by atoms with E-state index in [0.29, 0.717) is 0 Å². The van der Waals surface area contributed by atoms with E-state index < -0.39 is 0 Å². The van der Waals surface area contributed by atoms with Crippen molar-refractivity contribution in [2.45, 2.75) is 32.6 Å². The largest absolute Gasteiger partial charge is 0.325 e. The minimum Gasteiger partial charge on any atom is -0.325 e. The summed E-state index contributed by atoms with van der Waals surface area (Å²) in [7, 11) is 0. The summed E-state index contributed by atoms with van der Waals surface area (Å²) in [6.45, 7) is 6.47. The quantitative estimate of drug-likeness (QED) is 0.800. The average molecular weight is 240 g/mol. The first kappa shape index (κ1) is 13.0. The van der Waals surface area contributed by atoms with Gasteiger partial charge in [0.15, 0.2) is 0 Å². The van der Waals surface area contributed by atoms with Crippen molar-refractivity contribution in [2.24, 2.45) is 0 Å². The number of carbonyl (C=O) groups is 1. The Morgan fingerprint density at radius 2 is 2.00 bits per heavy atom. The fraction of sp³-hybridized carbons (Fsp3) is 0.462. The van der Waals surface area contributed by atoms with Crippen LogP contribution < -0.4 is 5.32 Å². The SMILES string of the molecule is CCC(C)(C)c1ccccc1NC(=O)CCl. The van der Waals surface area contributed by atoms with Gasteiger partial charge in [-0.3, -0.25) is 4.79 Å². The fourth-order valence-corrected chi connectivity index (χ4v) is 1.62. The van der Waals surface area contributed by atoms with Gasteiger partial charge in [0, 0.05) is 5.69 Å². The zero-order chi connectivity index (χ0) is 12.2. The highest BCUT2D eigenvalue weighted by Gasteiger charge is 2.21. The Hall–Kier alpha value is -1.02. The Bertz CT molecular complexity index is 374. The van der Waals surface area contributed by atoms with Crippen LogP contribution in [0, 0.1) is 0 Å². The lowest BCUT2D eigenvalue weighted by molar-refractivity contribution is -0.113. The standard InChI is InChI=1S/C13H18ClNO/c1-4-13(2,3)10-7-5-6-8-11(10)15-12(16)9-14/h5-8H,4,9H2,1-3H3,(H,15,16). The summed E-state index contributed by atoms with van der Waals surface area (Å²) in [6, 6.07) is 7.87. The molecule has 1 aromatic carbocycles. The van der Waals surface area contributed by atoms with Gasteiger partial charge >= 0.3 is 0 Å². The van der Waals surface area contributed by atoms with Crippen LogP contribution in [0.15, 0.2) is 24.3 Å². The molecule has 0 bridgehead atoms. The van der Waals surface area contributed by atoms with E-state index >= 15 is 0 Å². The Morgan fingerprint density at radius 1 is 1.38 bits per heavy atom. The zero-order valence-electron chi connectivity index (χ0n) is 10.0. The topological polar surface area (TPSA) is 29.1 Å². The number of rotatable bonds is 4. The molecule has 0 saturated carbocycles. The molecule has 1 rings (SSSR count). The van der Waals surface area contributed by atoms with Crippen LogP contribution in [0.1, 0.15) is 32.8 Å². The first-order valence-electron chi connectivity index (χ1n) is 5.46. The van der Waals surface area contributed by atoms with Gasteiger partial charge in [-0.05, 0) is 23.5 Å². The van der Waals surface area contributed by atoms with Gasteiger partial charge in [0.25, 0.3) is 0 Å². The number of halogens is 1. The molecule has 0 unspecified atom stereocenters. The van der Waals surface area contributed by atoms with Gasteiger partial charge in [-0.2, -0.15) is 0 Å². The lowest BCUT2D eigenvalue weighted by atomic mass is 9.81. The summed E-state index contributed by atoms with van der Waals surface area (Å²) in [5.74, 6) is -0.179. The van der Waals surface area contributed by atoms with Crippen LogP contribution in [0.25, 0.3) is 0 Å². The van der Waals surface area contributed by atoms with Crippen molar-refractivity contribution in [3.63, 3.8) is 0 Å². The van der Waals surface area contributed by atoms with Crippen molar-refractivity contribution in [2.75, 3.05) is 11.2 Å². The number of benzene rings is 1. The second kappa shape index (κ2) is 5.35. The van der Waals surface area contributed by atoms with Gasteiger partial charge < -0.3 is 5.32 Å². The Kier molecular flexibility index (Phi) is 4.36. The molecule has 0 aromatic heterocycles. The molecule has 88 valence electrons. The molecule has 0 spiro atoms. The van der Waals surface area contributed by atoms with E-state index in [4.69, 9.17) is 11.6 Å². The molecular weight excluding hydrogens is 222 g/mol. The predicted octanol–water partition coefficient (Wildman–Crippen LogP) is 3.55. The molecule has 0 fully saturated rings. The first-order chi connectivity index (χ1) is 7.51. The molecule has 0 aliphatic heterocycles. The van der Waals surface area contributed by atoms with Gasteiger partial charge in [-0.25, -0.2) is 0 Å². The maximum absolute atomic E-state index is 11.3. The van der Waals surface area contributed by atoms with Crippen LogP contribution in [0.2, 0.25) is 0 Å². The highest BCUT2D eigenvalue weighted by Crippen LogP contribution is 2.32. The van der Waals surface area contributed by atoms with Gasteiger partial charge in [0.1, 0.15) is 5.88 Å². The molecule has 0 heterocycles. The van der Waals surface area contributed by atoms with Crippen LogP contribution in [-0.4, -0.2) is 11.8 Å². The van der Waals surface area contributed by atoms with Crippen molar-refractivity contribution in [3.05, 3.63) is 29.8 Å². The van der Waals surface area contributed by atoms with Crippen molar-refractivity contribution in [3.8, 4) is 0 Å². The molecule has 1 N–H and O–H groups in total. The van der Waals surface area contributed by atoms with E-state index in [1.165, 1.54) is 0 Å². The van der Waals surface area contributed by atoms with Crippen molar-refractivity contribution in [1.29, 1.82) is 0 Å². The van der Waals surface area contributed by atoms with Crippen molar-refractivity contribution in [1.82, 2.24) is 0 Å². The van der Waals surface area contributed by atoms with Gasteiger partial charge in [-0.1, -0.05) is 39.0 Å². The molecule has 0 atom stereocenters. The van der Waals surface area contributed by atoms with Gasteiger partial charge in [0.2, 0.25) is 5.91 Å². The van der Waals surface area contributed by atoms with E-state index in [1.807, 2.05) is 24.3 Å². The molecule has 0 aliphatic rings. The summed E-state index contributed by atoms with van der Waals surface area (Å²) in [5.41, 5.74) is 2.06. The Morgan fingerprint density at radius 3 is 2.56 bits per heavy atom. The second-order valence-corrected chi connectivity index (χ2v) is 4.73. The maximum atomic E-state index is 11.3. The second-order valence-electron chi connectivity index (χ2n) is 4.46. The smallest absolute Gasteiger partial charge is 0.239 e. The summed E-state index contributed by atoms with van der Waals surface area (Å²) in [5, 5.41) is 2.83. The van der Waals surface area contributed by atoms with E-state index in [0.717, 1.165) is 17.7 Å². The van der Waals surface area contributed by atoms with Crippen LogP contribution in [0.4, 0.5) is 5.69 Å². The zero-order valence-corrected chi connectivity index (χ0v) is 10.8. The number of alkyl halides is 1. The summed E-state index contributed by atoms with van der Waals surface area (Å²) < 4.78 is 0. The van der Waals surface area contributed by atoms with Crippen molar-refractivity contribution < 1.29 is 4.79 Å². The molecule has 16 heavy (non-hydrogen) atoms. The minimum absolute atomic E-state index is 0.0130. The van der Waals surface area contributed by atoms with Crippen molar-refractivity contribution >= 4 is 23.2 Å². The van der Waals surface area contributed by atoms with Gasteiger partial charge in [-0.15, -0.1) is 11.6 Å². The fourth-order valence-electron chi connectivity index (χ4n) is 1.56. The monoisotopic (exact) mass is 239 g/mol. The lowest BCUT2D eigenvalue weighted by Crippen LogP contribution is -2.21. The third-order valence-electron chi connectivity index (χ3n) is 2.94. The van der Waals surface area contributed by atoms with Crippen LogP contribution in [0.3, 0.4) is 0 Å². The number of carbonyl (C=O) groups excluding carboxylic acids is 1. The average Bonchev–Trinajstić information content (AvgIpc) is 2.29. The highest BCUT2D eigenvalue weighted by molar-refractivity contribution is 6.29. The summed E-state index contributed by atoms with van der Waals surface area (Å²) in [4.78, 5) is 11.3. The summed E-state index contributed by atoms with van der Waals surface area (Å²) >= 11 is 5.49. The number of nitrogens with one attached hydrogen (secondary N) is 1. The lowest BCUT2D eigenvalue weighted by Gasteiger charge is -2.26. The predicted molar refractivity (Wildman–Crippen MR) is 69.1 cm³/mol. The molecule has 2 nitrogen and oxygen atoms in total. The third kappa shape index (κ3) is 2.99. The van der Waals surface area contributed by atoms with Crippen LogP contribution in [-0.2, 0) is 10.2 Å². The summed E-state index contributed by atoms with van der Waals surface area (Å²) in [6.07, 6.45) is 1.01. The van der Waals surface area contributed by atoms with E-state index in [-0.39, 0.29) is 17.2 Å². The number of hydrogen-bond donors (Lipinski definition) is 1. The van der Waals surface area contributed by atoms with Crippen LogP contribution in [0.5, 0.6) is 0 Å². The number of hydrogen-bond acceptors (Lipinski definition) is 1. The molecule has 0 aliphatic carbocycles. The Balaban J connectivity index is 3.05. The van der Waals surface area contributed by atoms with Gasteiger partial charge in [0.05, 0.1) is 0 Å². The van der Waals surface area contributed by atoms with E-state index in [1.54, 1.807) is 0 Å². The first-order valence-corrected chi connectivity index (χ1v) is 6.00. The molecule has 3 heteroatoms. The number of anilines is 1. The normalized spacial score (nSPS) is 11.2. The highest BCUT2D eigenvalue weighted by atomic mass is 35.5. The molecular formula is C13H18ClNO. The van der Waals surface area contributed by atoms with E-state index in [2.05, 4.69) is 26.1 Å².